The first-order valence-corrected chi connectivity index (χ1v) is 7.54. The van der Waals surface area contributed by atoms with Crippen LogP contribution in [0.2, 0.25) is 13.1 Å². The molecule has 105 valence electrons. The minimum atomic E-state index is 0. The Bertz CT molecular complexity index is 103. The van der Waals surface area contributed by atoms with Crippen LogP contribution in [0.1, 0.15) is 26.7 Å². The molecule has 0 unspecified atom stereocenters. The Morgan fingerprint density at radius 3 is 1.18 bits per heavy atom. The average molecular weight is 462 g/mol. The smallest absolute Gasteiger partial charge is 0.0213 e. The normalized spacial score (nSPS) is 5.53. The number of hydrogen-bond donors (Lipinski definition) is 0. The van der Waals surface area contributed by atoms with E-state index in [0.717, 1.165) is 22.4 Å². The third-order valence-corrected chi connectivity index (χ3v) is 0.556. The molecule has 0 fully saturated rings. The molecule has 0 saturated carbocycles. The van der Waals surface area contributed by atoms with Crippen molar-refractivity contribution in [3.8, 4) is 0 Å². The maximum Gasteiger partial charge on any atom is 0.0213 e. The Kier molecular flexibility index (Phi) is 114. The van der Waals surface area contributed by atoms with Crippen LogP contribution in [-0.2, 0) is 25.8 Å². The first-order valence-electron chi connectivity index (χ1n) is 5.24. The van der Waals surface area contributed by atoms with Gasteiger partial charge in [-0.2, -0.15) is 31.0 Å². The zero-order chi connectivity index (χ0) is 11.7. The summed E-state index contributed by atoms with van der Waals surface area (Å²) in [5.74, 6) is 0. The molecule has 0 aliphatic rings. The van der Waals surface area contributed by atoms with Crippen LogP contribution in [0.25, 0.3) is 0 Å². The van der Waals surface area contributed by atoms with Crippen LogP contribution in [0, 0.1) is 13.8 Å². The van der Waals surface area contributed by atoms with Crippen LogP contribution in [-0.4, -0.2) is 9.52 Å². The van der Waals surface area contributed by atoms with E-state index in [-0.39, 0.29) is 50.7 Å². The van der Waals surface area contributed by atoms with E-state index in [0.29, 0.717) is 0 Å². The Labute approximate surface area is 143 Å². The van der Waals surface area contributed by atoms with E-state index in [1.807, 2.05) is 44.2 Å². The summed E-state index contributed by atoms with van der Waals surface area (Å²) in [7, 11) is 0.750. The van der Waals surface area contributed by atoms with Gasteiger partial charge in [-0.05, 0) is 0 Å². The predicted octanol–water partition coefficient (Wildman–Crippen LogP) is 5.23. The first kappa shape index (κ1) is 36.1. The van der Waals surface area contributed by atoms with Gasteiger partial charge >= 0.3 is 0 Å². The molecular weight excluding hydrogens is 434 g/mol. The minimum Gasteiger partial charge on any atom is -0.344 e. The van der Waals surface area contributed by atoms with E-state index in [1.165, 1.54) is 0 Å². The largest absolute Gasteiger partial charge is 0.344 e. The van der Waals surface area contributed by atoms with Gasteiger partial charge in [-0.25, -0.2) is 12.1 Å². The molecule has 0 spiro atoms. The summed E-state index contributed by atoms with van der Waals surface area (Å²) in [5.41, 5.74) is 0. The molecule has 4 heteroatoms. The van der Waals surface area contributed by atoms with Gasteiger partial charge in [0.2, 0.25) is 0 Å². The van der Waals surface area contributed by atoms with Crippen LogP contribution < -0.4 is 0 Å². The molecular formula is C13H28Cl2HfSi-3. The fourth-order valence-electron chi connectivity index (χ4n) is 0.321. The average Bonchev–Trinajstić information content (AvgIpc) is 2.63. The summed E-state index contributed by atoms with van der Waals surface area (Å²) < 4.78 is 0. The topological polar surface area (TPSA) is 0 Å². The molecule has 0 aromatic heterocycles. The van der Waals surface area contributed by atoms with E-state index < -0.39 is 0 Å². The van der Waals surface area contributed by atoms with Gasteiger partial charge < -0.3 is 13.8 Å². The van der Waals surface area contributed by atoms with Gasteiger partial charge in [0, 0.05) is 35.4 Å². The van der Waals surface area contributed by atoms with Crippen LogP contribution in [0.15, 0.2) is 30.3 Å². The van der Waals surface area contributed by atoms with Crippen molar-refractivity contribution >= 4 is 34.3 Å². The molecule has 1 aromatic carbocycles. The Balaban J connectivity index is -0.0000000232. The van der Waals surface area contributed by atoms with Crippen molar-refractivity contribution in [2.45, 2.75) is 39.8 Å². The molecule has 0 bridgehead atoms. The maximum atomic E-state index is 3.49. The third-order valence-electron chi connectivity index (χ3n) is 0.556. The standard InChI is InChI=1S/C5H5.2C3H7.C2H7Si.2ClH.Hf/c1-2-4-5-3-1;3*1-3-2;;;/h1-5H;2*1,3H2,2H3;3H,1-2H3;2*1H;/q3*-1;;;;. The third kappa shape index (κ3) is 106. The molecule has 0 atom stereocenters. The second-order valence-electron chi connectivity index (χ2n) is 2.54. The Morgan fingerprint density at radius 2 is 1.12 bits per heavy atom. The molecule has 1 radical (unpaired) electrons. The second kappa shape index (κ2) is 53.7. The van der Waals surface area contributed by atoms with Gasteiger partial charge in [0.1, 0.15) is 0 Å². The van der Waals surface area contributed by atoms with Gasteiger partial charge in [-0.1, -0.05) is 26.9 Å². The molecule has 17 heavy (non-hydrogen) atoms. The molecule has 1 aromatic rings. The zero-order valence-electron chi connectivity index (χ0n) is 11.6. The summed E-state index contributed by atoms with van der Waals surface area (Å²) >= 11 is 0. The van der Waals surface area contributed by atoms with Crippen LogP contribution in [0.4, 0.5) is 0 Å². The van der Waals surface area contributed by atoms with Gasteiger partial charge in [0.25, 0.3) is 0 Å². The number of hydrogen-bond acceptors (Lipinski definition) is 0. The summed E-state index contributed by atoms with van der Waals surface area (Å²) in [6.07, 6.45) is 2.00. The molecule has 0 heterocycles. The van der Waals surface area contributed by atoms with E-state index in [2.05, 4.69) is 26.9 Å². The first-order chi connectivity index (χ1) is 6.74. The maximum absolute atomic E-state index is 3.49. The molecule has 1 rings (SSSR count). The van der Waals surface area contributed by atoms with E-state index in [4.69, 9.17) is 0 Å². The molecule has 0 N–H and O–H groups in total. The Hall–Kier alpha value is 1.02. The monoisotopic (exact) mass is 462 g/mol. The number of halogens is 2. The van der Waals surface area contributed by atoms with Crippen molar-refractivity contribution in [1.82, 2.24) is 0 Å². The summed E-state index contributed by atoms with van der Waals surface area (Å²) in [4.78, 5) is 0. The molecule has 0 aliphatic carbocycles. The molecule has 0 amide bonds. The van der Waals surface area contributed by atoms with E-state index in [1.54, 1.807) is 0 Å². The summed E-state index contributed by atoms with van der Waals surface area (Å²) in [6, 6.07) is 10.0. The van der Waals surface area contributed by atoms with Crippen LogP contribution in [0.5, 0.6) is 0 Å². The predicted molar refractivity (Wildman–Crippen MR) is 86.7 cm³/mol. The Morgan fingerprint density at radius 1 is 0.941 bits per heavy atom. The molecule has 0 aliphatic heterocycles. The van der Waals surface area contributed by atoms with Crippen LogP contribution in [0.3, 0.4) is 0 Å². The number of rotatable bonds is 0. The van der Waals surface area contributed by atoms with Crippen LogP contribution >= 0.6 is 24.8 Å². The van der Waals surface area contributed by atoms with Crippen molar-refractivity contribution < 1.29 is 25.8 Å². The minimum absolute atomic E-state index is 0. The van der Waals surface area contributed by atoms with Gasteiger partial charge in [-0.3, -0.25) is 0 Å². The zero-order valence-corrected chi connectivity index (χ0v) is 18.0. The quantitative estimate of drug-likeness (QED) is 0.367. The van der Waals surface area contributed by atoms with E-state index >= 15 is 0 Å². The van der Waals surface area contributed by atoms with Crippen molar-refractivity contribution in [2.75, 3.05) is 0 Å². The van der Waals surface area contributed by atoms with Gasteiger partial charge in [0.05, 0.1) is 0 Å². The van der Waals surface area contributed by atoms with Crippen molar-refractivity contribution in [2.24, 2.45) is 0 Å². The molecule has 0 saturated heterocycles. The van der Waals surface area contributed by atoms with Gasteiger partial charge in [-0.15, -0.1) is 24.8 Å². The summed E-state index contributed by atoms with van der Waals surface area (Å²) in [5, 5.41) is 0. The van der Waals surface area contributed by atoms with Crippen molar-refractivity contribution in [1.29, 1.82) is 0 Å². The van der Waals surface area contributed by atoms with E-state index in [9.17, 15) is 0 Å². The molecule has 0 nitrogen and oxygen atoms in total. The fourth-order valence-corrected chi connectivity index (χ4v) is 0.321. The second-order valence-corrected chi connectivity index (χ2v) is 3.69. The van der Waals surface area contributed by atoms with Crippen molar-refractivity contribution in [3.63, 3.8) is 0 Å². The fraction of sp³-hybridized carbons (Fsp3) is 0.462. The SMILES string of the molecule is C[SiH]C.Cl.Cl.[CH2-]CC.[CH2-]CC.[Hf].c1cc[cH-]c1. The van der Waals surface area contributed by atoms with Crippen molar-refractivity contribution in [3.05, 3.63) is 44.2 Å². The summed E-state index contributed by atoms with van der Waals surface area (Å²) in [6.45, 7) is 15.4. The van der Waals surface area contributed by atoms with Gasteiger partial charge in [0.15, 0.2) is 0 Å².